The molecule has 0 fully saturated rings. The lowest BCUT2D eigenvalue weighted by Gasteiger charge is -2.21. The lowest BCUT2D eigenvalue weighted by Crippen LogP contribution is -2.39. The van der Waals surface area contributed by atoms with Crippen molar-refractivity contribution in [2.24, 2.45) is 5.10 Å². The molecule has 5 aromatic rings. The Hall–Kier alpha value is -4.88. The number of furan rings is 1. The molecule has 0 spiro atoms. The van der Waals surface area contributed by atoms with E-state index in [1.165, 1.54) is 22.7 Å². The van der Waals surface area contributed by atoms with Crippen molar-refractivity contribution in [2.45, 2.75) is 43.3 Å². The molecule has 0 radical (unpaired) electrons. The van der Waals surface area contributed by atoms with E-state index in [4.69, 9.17) is 4.42 Å². The largest absolute Gasteiger partial charge is 0.459 e. The van der Waals surface area contributed by atoms with Gasteiger partial charge in [-0.3, -0.25) is 4.79 Å². The third-order valence-corrected chi connectivity index (χ3v) is 11.0. The molecule has 10 nitrogen and oxygen atoms in total. The van der Waals surface area contributed by atoms with Crippen molar-refractivity contribution >= 4 is 32.2 Å². The molecule has 1 amide bonds. The van der Waals surface area contributed by atoms with Crippen LogP contribution in [-0.2, 0) is 44.5 Å². The van der Waals surface area contributed by atoms with Gasteiger partial charge in [-0.2, -0.15) is 13.7 Å². The summed E-state index contributed by atoms with van der Waals surface area (Å²) in [6.07, 6.45) is 1.27. The fourth-order valence-electron chi connectivity index (χ4n) is 4.83. The van der Waals surface area contributed by atoms with Crippen molar-refractivity contribution in [2.75, 3.05) is 6.54 Å². The Morgan fingerprint density at radius 2 is 1.12 bits per heavy atom. The number of carbonyl (C=O) groups is 1. The van der Waals surface area contributed by atoms with Crippen molar-refractivity contribution < 1.29 is 26.0 Å². The number of sulfonamides is 2. The number of hydrogen-bond acceptors (Lipinski definition) is 7. The number of nitrogens with zero attached hydrogens (tertiary/aromatic N) is 3. The van der Waals surface area contributed by atoms with E-state index in [0.29, 0.717) is 5.76 Å². The minimum absolute atomic E-state index is 0.0132. The highest BCUT2D eigenvalue weighted by Gasteiger charge is 2.28. The Morgan fingerprint density at radius 3 is 1.65 bits per heavy atom. The maximum Gasteiger partial charge on any atom is 0.255 e. The van der Waals surface area contributed by atoms with Crippen LogP contribution < -0.4 is 5.43 Å². The quantitative estimate of drug-likeness (QED) is 0.119. The second-order valence-corrected chi connectivity index (χ2v) is 15.1. The molecule has 12 heteroatoms. The standard InChI is InChI=1S/C36H36N4O6S2/c1-28-13-19-34(20-14-28)47(42,43)39(24-30-9-5-3-6-10-30)26-33-18-17-32(46-33)23-37-38-36(41)27-40(25-31-11-7-4-8-12-31)48(44,45)35-21-15-29(2)16-22-35/h3-23H,24-27H2,1-2H3,(H,38,41)/b37-23-. The molecule has 0 aliphatic heterocycles. The van der Waals surface area contributed by atoms with Gasteiger partial charge in [0.25, 0.3) is 5.91 Å². The number of carbonyl (C=O) groups excluding carboxylic acids is 1. The predicted molar refractivity (Wildman–Crippen MR) is 184 cm³/mol. The Morgan fingerprint density at radius 1 is 0.646 bits per heavy atom. The summed E-state index contributed by atoms with van der Waals surface area (Å²) in [6, 6.07) is 34.6. The predicted octanol–water partition coefficient (Wildman–Crippen LogP) is 5.63. The highest BCUT2D eigenvalue weighted by atomic mass is 32.2. The van der Waals surface area contributed by atoms with Crippen LogP contribution in [0.2, 0.25) is 0 Å². The summed E-state index contributed by atoms with van der Waals surface area (Å²) < 4.78 is 62.6. The summed E-state index contributed by atoms with van der Waals surface area (Å²) in [7, 11) is -7.88. The van der Waals surface area contributed by atoms with Gasteiger partial charge in [-0.15, -0.1) is 0 Å². The van der Waals surface area contributed by atoms with E-state index in [1.54, 1.807) is 72.8 Å². The van der Waals surface area contributed by atoms with E-state index < -0.39 is 32.5 Å². The van der Waals surface area contributed by atoms with E-state index in [-0.39, 0.29) is 35.2 Å². The van der Waals surface area contributed by atoms with Gasteiger partial charge in [0.2, 0.25) is 20.0 Å². The Kier molecular flexibility index (Phi) is 11.0. The molecule has 48 heavy (non-hydrogen) atoms. The van der Waals surface area contributed by atoms with Gasteiger partial charge >= 0.3 is 0 Å². The van der Waals surface area contributed by atoms with Gasteiger partial charge in [-0.05, 0) is 61.4 Å². The average molecular weight is 685 g/mol. The van der Waals surface area contributed by atoms with Crippen LogP contribution >= 0.6 is 0 Å². The van der Waals surface area contributed by atoms with Crippen LogP contribution in [0.1, 0.15) is 33.8 Å². The zero-order valence-electron chi connectivity index (χ0n) is 26.6. The zero-order valence-corrected chi connectivity index (χ0v) is 28.2. The number of hydrogen-bond donors (Lipinski definition) is 1. The highest BCUT2D eigenvalue weighted by molar-refractivity contribution is 7.89. The first-order chi connectivity index (χ1) is 23.0. The SMILES string of the molecule is Cc1ccc(S(=O)(=O)N(CC(=O)N/N=C\c2ccc(CN(Cc3ccccc3)S(=O)(=O)c3ccc(C)cc3)o2)Cc2ccccc2)cc1. The number of nitrogens with one attached hydrogen (secondary N) is 1. The molecule has 0 atom stereocenters. The molecule has 4 aromatic carbocycles. The zero-order chi connectivity index (χ0) is 34.1. The van der Waals surface area contributed by atoms with Crippen LogP contribution in [0.4, 0.5) is 0 Å². The minimum atomic E-state index is -4.01. The number of rotatable bonds is 14. The van der Waals surface area contributed by atoms with Crippen molar-refractivity contribution in [1.82, 2.24) is 14.0 Å². The monoisotopic (exact) mass is 684 g/mol. The molecule has 0 saturated heterocycles. The van der Waals surface area contributed by atoms with E-state index in [1.807, 2.05) is 50.2 Å². The Bertz CT molecular complexity index is 2060. The topological polar surface area (TPSA) is 129 Å². The van der Waals surface area contributed by atoms with Gasteiger partial charge in [0.1, 0.15) is 11.5 Å². The van der Waals surface area contributed by atoms with Gasteiger partial charge in [0, 0.05) is 13.1 Å². The number of amides is 1. The molecule has 1 heterocycles. The van der Waals surface area contributed by atoms with Crippen LogP contribution in [-0.4, -0.2) is 44.1 Å². The minimum Gasteiger partial charge on any atom is -0.459 e. The van der Waals surface area contributed by atoms with Crippen molar-refractivity contribution in [3.63, 3.8) is 0 Å². The molecule has 5 rings (SSSR count). The lowest BCUT2D eigenvalue weighted by atomic mass is 10.2. The summed E-state index contributed by atoms with van der Waals surface area (Å²) in [4.78, 5) is 13.2. The molecule has 1 N–H and O–H groups in total. The smallest absolute Gasteiger partial charge is 0.255 e. The molecule has 0 saturated carbocycles. The van der Waals surface area contributed by atoms with Crippen molar-refractivity contribution in [1.29, 1.82) is 0 Å². The van der Waals surface area contributed by atoms with Crippen LogP contribution in [0.3, 0.4) is 0 Å². The van der Waals surface area contributed by atoms with Gasteiger partial charge in [-0.1, -0.05) is 96.1 Å². The first-order valence-corrected chi connectivity index (χ1v) is 18.0. The Labute approximate surface area is 281 Å². The van der Waals surface area contributed by atoms with E-state index in [9.17, 15) is 21.6 Å². The van der Waals surface area contributed by atoms with Gasteiger partial charge in [0.05, 0.1) is 29.1 Å². The van der Waals surface area contributed by atoms with Crippen LogP contribution in [0.25, 0.3) is 0 Å². The first kappa shape index (κ1) is 34.5. The molecule has 1 aromatic heterocycles. The summed E-state index contributed by atoms with van der Waals surface area (Å²) in [5.41, 5.74) is 5.76. The van der Waals surface area contributed by atoms with Crippen LogP contribution in [0.5, 0.6) is 0 Å². The van der Waals surface area contributed by atoms with Crippen LogP contribution in [0.15, 0.2) is 141 Å². The van der Waals surface area contributed by atoms with Gasteiger partial charge in [-0.25, -0.2) is 22.3 Å². The van der Waals surface area contributed by atoms with Gasteiger partial charge in [0.15, 0.2) is 0 Å². The fourth-order valence-corrected chi connectivity index (χ4v) is 7.61. The molecule has 0 unspecified atom stereocenters. The van der Waals surface area contributed by atoms with Crippen LogP contribution in [0, 0.1) is 13.8 Å². The highest BCUT2D eigenvalue weighted by Crippen LogP contribution is 2.23. The van der Waals surface area contributed by atoms with Crippen molar-refractivity contribution in [3.05, 3.63) is 155 Å². The van der Waals surface area contributed by atoms with Crippen molar-refractivity contribution in [3.8, 4) is 0 Å². The Balaban J connectivity index is 1.28. The third kappa shape index (κ3) is 8.92. The molecule has 248 valence electrons. The molecule has 0 aliphatic carbocycles. The normalized spacial score (nSPS) is 12.2. The molecule has 0 bridgehead atoms. The lowest BCUT2D eigenvalue weighted by molar-refractivity contribution is -0.121. The fraction of sp³-hybridized carbons (Fsp3) is 0.167. The number of aryl methyl sites for hydroxylation is 2. The van der Waals surface area contributed by atoms with E-state index in [0.717, 1.165) is 26.6 Å². The second kappa shape index (κ2) is 15.3. The second-order valence-electron chi connectivity index (χ2n) is 11.2. The summed E-state index contributed by atoms with van der Waals surface area (Å²) >= 11 is 0. The molecular formula is C36H36N4O6S2. The molecular weight excluding hydrogens is 649 g/mol. The van der Waals surface area contributed by atoms with Gasteiger partial charge < -0.3 is 4.42 Å². The third-order valence-electron chi connectivity index (χ3n) is 7.44. The van der Waals surface area contributed by atoms with E-state index in [2.05, 4.69) is 10.5 Å². The first-order valence-electron chi connectivity index (χ1n) is 15.1. The maximum absolute atomic E-state index is 13.6. The number of benzene rings is 4. The maximum atomic E-state index is 13.6. The number of hydrazone groups is 1. The average Bonchev–Trinajstić information content (AvgIpc) is 3.52. The summed E-state index contributed by atoms with van der Waals surface area (Å²) in [5.74, 6) is -0.0124. The summed E-state index contributed by atoms with van der Waals surface area (Å²) in [6.45, 7) is 3.34. The molecule has 0 aliphatic rings. The summed E-state index contributed by atoms with van der Waals surface area (Å²) in [5, 5.41) is 3.96. The van der Waals surface area contributed by atoms with E-state index >= 15 is 0 Å².